The first-order valence-corrected chi connectivity index (χ1v) is 5.35. The van der Waals surface area contributed by atoms with Crippen molar-refractivity contribution in [3.63, 3.8) is 0 Å². The Morgan fingerprint density at radius 3 is 2.33 bits per heavy atom. The Morgan fingerprint density at radius 2 is 1.87 bits per heavy atom. The zero-order valence-electron chi connectivity index (χ0n) is 9.76. The smallest absolute Gasteiger partial charge is 0.186 e. The highest BCUT2D eigenvalue weighted by Gasteiger charge is 2.15. The Hall–Kier alpha value is -1.19. The molecule has 84 valence electrons. The summed E-state index contributed by atoms with van der Waals surface area (Å²) in [7, 11) is 1.67. The van der Waals surface area contributed by atoms with Gasteiger partial charge in [0.2, 0.25) is 0 Å². The van der Waals surface area contributed by atoms with Crippen molar-refractivity contribution >= 4 is 5.82 Å². The van der Waals surface area contributed by atoms with Crippen LogP contribution >= 0.6 is 0 Å². The number of nitrogens with zero attached hydrogens (tertiary/aromatic N) is 2. The fourth-order valence-electron chi connectivity index (χ4n) is 1.58. The van der Waals surface area contributed by atoms with Gasteiger partial charge in [-0.1, -0.05) is 13.8 Å². The van der Waals surface area contributed by atoms with Crippen molar-refractivity contribution < 1.29 is 4.39 Å². The summed E-state index contributed by atoms with van der Waals surface area (Å²) in [5.41, 5.74) is 0.413. The first kappa shape index (κ1) is 11.9. The van der Waals surface area contributed by atoms with Crippen LogP contribution < -0.4 is 5.32 Å². The third-order valence-electron chi connectivity index (χ3n) is 2.62. The Morgan fingerprint density at radius 1 is 1.27 bits per heavy atom. The lowest BCUT2D eigenvalue weighted by Crippen LogP contribution is -2.09. The molecule has 15 heavy (non-hydrogen) atoms. The van der Waals surface area contributed by atoms with Gasteiger partial charge < -0.3 is 5.32 Å². The van der Waals surface area contributed by atoms with Crippen LogP contribution in [0.1, 0.15) is 44.1 Å². The largest absolute Gasteiger partial charge is 0.371 e. The van der Waals surface area contributed by atoms with Crippen LogP contribution in [0.25, 0.3) is 0 Å². The second-order valence-corrected chi connectivity index (χ2v) is 3.59. The van der Waals surface area contributed by atoms with E-state index in [9.17, 15) is 4.39 Å². The Labute approximate surface area is 90.1 Å². The maximum absolute atomic E-state index is 13.5. The lowest BCUT2D eigenvalue weighted by atomic mass is 10.0. The van der Waals surface area contributed by atoms with Crippen molar-refractivity contribution in [2.24, 2.45) is 0 Å². The SMILES string of the molecule is CCC(CC)c1nc(C)c(F)c(NC)n1. The molecule has 0 unspecified atom stereocenters. The molecule has 0 saturated carbocycles. The van der Waals surface area contributed by atoms with Crippen LogP contribution in [-0.2, 0) is 0 Å². The maximum atomic E-state index is 13.5. The average molecular weight is 211 g/mol. The van der Waals surface area contributed by atoms with Gasteiger partial charge in [0.15, 0.2) is 11.6 Å². The van der Waals surface area contributed by atoms with Crippen LogP contribution in [-0.4, -0.2) is 17.0 Å². The lowest BCUT2D eigenvalue weighted by Gasteiger charge is -2.13. The van der Waals surface area contributed by atoms with Gasteiger partial charge in [0.05, 0.1) is 5.69 Å². The van der Waals surface area contributed by atoms with Crippen LogP contribution in [0.5, 0.6) is 0 Å². The van der Waals surface area contributed by atoms with Gasteiger partial charge in [0, 0.05) is 13.0 Å². The molecule has 3 nitrogen and oxygen atoms in total. The van der Waals surface area contributed by atoms with Gasteiger partial charge >= 0.3 is 0 Å². The number of nitrogens with one attached hydrogen (secondary N) is 1. The highest BCUT2D eigenvalue weighted by atomic mass is 19.1. The Bertz CT molecular complexity index is 335. The number of aryl methyl sites for hydroxylation is 1. The van der Waals surface area contributed by atoms with Crippen molar-refractivity contribution in [1.82, 2.24) is 9.97 Å². The van der Waals surface area contributed by atoms with E-state index in [1.165, 1.54) is 0 Å². The number of anilines is 1. The van der Waals surface area contributed by atoms with E-state index in [1.807, 2.05) is 0 Å². The van der Waals surface area contributed by atoms with Crippen molar-refractivity contribution in [1.29, 1.82) is 0 Å². The van der Waals surface area contributed by atoms with Crippen LogP contribution in [0, 0.1) is 12.7 Å². The summed E-state index contributed by atoms with van der Waals surface area (Å²) in [6, 6.07) is 0. The number of hydrogen-bond donors (Lipinski definition) is 1. The molecule has 0 aliphatic carbocycles. The van der Waals surface area contributed by atoms with Gasteiger partial charge in [-0.2, -0.15) is 0 Å². The summed E-state index contributed by atoms with van der Waals surface area (Å²) < 4.78 is 13.5. The normalized spacial score (nSPS) is 10.8. The van der Waals surface area contributed by atoms with Crippen LogP contribution in [0.2, 0.25) is 0 Å². The quantitative estimate of drug-likeness (QED) is 0.832. The molecule has 1 rings (SSSR count). The van der Waals surface area contributed by atoms with E-state index in [-0.39, 0.29) is 5.82 Å². The number of rotatable bonds is 4. The highest BCUT2D eigenvalue weighted by molar-refractivity contribution is 5.37. The third-order valence-corrected chi connectivity index (χ3v) is 2.62. The van der Waals surface area contributed by atoms with E-state index in [4.69, 9.17) is 0 Å². The van der Waals surface area contributed by atoms with Gasteiger partial charge in [-0.05, 0) is 19.8 Å². The molecule has 0 aromatic carbocycles. The predicted molar refractivity (Wildman–Crippen MR) is 59.6 cm³/mol. The molecule has 0 saturated heterocycles. The van der Waals surface area contributed by atoms with Crippen molar-refractivity contribution in [2.75, 3.05) is 12.4 Å². The fourth-order valence-corrected chi connectivity index (χ4v) is 1.58. The molecule has 0 aliphatic rings. The van der Waals surface area contributed by atoms with E-state index in [0.717, 1.165) is 18.7 Å². The molecule has 1 N–H and O–H groups in total. The molecular formula is C11H18FN3. The van der Waals surface area contributed by atoms with Crippen LogP contribution in [0.4, 0.5) is 10.2 Å². The van der Waals surface area contributed by atoms with Gasteiger partial charge in [0.1, 0.15) is 5.82 Å². The molecule has 0 fully saturated rings. The van der Waals surface area contributed by atoms with Crippen molar-refractivity contribution in [3.05, 3.63) is 17.3 Å². The Balaban J connectivity index is 3.15. The zero-order valence-corrected chi connectivity index (χ0v) is 9.76. The lowest BCUT2D eigenvalue weighted by molar-refractivity contribution is 0.567. The first-order valence-electron chi connectivity index (χ1n) is 5.35. The average Bonchev–Trinajstić information content (AvgIpc) is 2.24. The summed E-state index contributed by atoms with van der Waals surface area (Å²) in [5.74, 6) is 0.997. The van der Waals surface area contributed by atoms with E-state index < -0.39 is 0 Å². The van der Waals surface area contributed by atoms with Gasteiger partial charge in [-0.15, -0.1) is 0 Å². The predicted octanol–water partition coefficient (Wildman–Crippen LogP) is 2.87. The monoisotopic (exact) mass is 211 g/mol. The van der Waals surface area contributed by atoms with E-state index in [1.54, 1.807) is 14.0 Å². The maximum Gasteiger partial charge on any atom is 0.186 e. The summed E-state index contributed by atoms with van der Waals surface area (Å²) in [6.45, 7) is 5.86. The highest BCUT2D eigenvalue weighted by Crippen LogP contribution is 2.22. The minimum absolute atomic E-state index is 0.296. The topological polar surface area (TPSA) is 37.8 Å². The molecule has 0 atom stereocenters. The summed E-state index contributed by atoms with van der Waals surface area (Å²) in [4.78, 5) is 8.39. The first-order chi connectivity index (χ1) is 7.13. The Kier molecular flexibility index (Phi) is 4.00. The molecule has 1 heterocycles. The fraction of sp³-hybridized carbons (Fsp3) is 0.636. The summed E-state index contributed by atoms with van der Waals surface area (Å²) in [6.07, 6.45) is 1.95. The zero-order chi connectivity index (χ0) is 11.4. The molecular weight excluding hydrogens is 193 g/mol. The molecule has 1 aromatic heterocycles. The molecule has 0 spiro atoms. The molecule has 0 aliphatic heterocycles. The summed E-state index contributed by atoms with van der Waals surface area (Å²) in [5, 5.41) is 2.75. The van der Waals surface area contributed by atoms with Crippen LogP contribution in [0.3, 0.4) is 0 Å². The minimum atomic E-state index is -0.354. The molecule has 4 heteroatoms. The van der Waals surface area contributed by atoms with Crippen molar-refractivity contribution in [3.8, 4) is 0 Å². The van der Waals surface area contributed by atoms with E-state index >= 15 is 0 Å². The van der Waals surface area contributed by atoms with E-state index in [0.29, 0.717) is 17.4 Å². The number of hydrogen-bond acceptors (Lipinski definition) is 3. The van der Waals surface area contributed by atoms with Crippen molar-refractivity contribution in [2.45, 2.75) is 39.5 Å². The molecule has 0 bridgehead atoms. The molecule has 1 aromatic rings. The van der Waals surface area contributed by atoms with E-state index in [2.05, 4.69) is 29.1 Å². The van der Waals surface area contributed by atoms with Gasteiger partial charge in [-0.3, -0.25) is 0 Å². The second kappa shape index (κ2) is 5.05. The number of aromatic nitrogens is 2. The van der Waals surface area contributed by atoms with Gasteiger partial charge in [0.25, 0.3) is 0 Å². The summed E-state index contributed by atoms with van der Waals surface area (Å²) >= 11 is 0. The van der Waals surface area contributed by atoms with Gasteiger partial charge in [-0.25, -0.2) is 14.4 Å². The molecule has 0 amide bonds. The number of halogens is 1. The molecule has 0 radical (unpaired) electrons. The standard InChI is InChI=1S/C11H18FN3/c1-5-8(6-2)10-14-7(3)9(12)11(13-4)15-10/h8H,5-6H2,1-4H3,(H,13,14,15). The van der Waals surface area contributed by atoms with Crippen LogP contribution in [0.15, 0.2) is 0 Å². The third kappa shape index (κ3) is 2.43. The second-order valence-electron chi connectivity index (χ2n) is 3.59. The minimum Gasteiger partial charge on any atom is -0.371 e.